The second-order valence-electron chi connectivity index (χ2n) is 3.66. The van der Waals surface area contributed by atoms with Crippen LogP contribution in [0.15, 0.2) is 17.1 Å². The van der Waals surface area contributed by atoms with Gasteiger partial charge in [0.25, 0.3) is 5.91 Å². The molecular weight excluding hydrogens is 256 g/mol. The van der Waals surface area contributed by atoms with E-state index in [2.05, 4.69) is 15.2 Å². The van der Waals surface area contributed by atoms with E-state index < -0.39 is 5.91 Å². The van der Waals surface area contributed by atoms with Crippen LogP contribution in [0.25, 0.3) is 10.9 Å². The zero-order valence-electron chi connectivity index (χ0n) is 9.27. The van der Waals surface area contributed by atoms with E-state index in [1.165, 1.54) is 0 Å². The molecule has 0 bridgehead atoms. The van der Waals surface area contributed by atoms with Crippen LogP contribution in [0.3, 0.4) is 0 Å². The maximum atomic E-state index is 11.6. The normalized spacial score (nSPS) is 10.5. The fraction of sp³-hybridized carbons (Fsp3) is 0.100. The fourth-order valence-electron chi connectivity index (χ4n) is 1.69. The highest BCUT2D eigenvalue weighted by molar-refractivity contribution is 6.32. The van der Waals surface area contributed by atoms with Crippen molar-refractivity contribution in [1.29, 1.82) is 0 Å². The number of nitrogen functional groups attached to an aromatic ring is 1. The second-order valence-corrected chi connectivity index (χ2v) is 4.07. The van der Waals surface area contributed by atoms with Crippen molar-refractivity contribution in [2.24, 2.45) is 16.5 Å². The van der Waals surface area contributed by atoms with E-state index in [-0.39, 0.29) is 18.2 Å². The molecule has 7 nitrogen and oxygen atoms in total. The van der Waals surface area contributed by atoms with E-state index in [0.29, 0.717) is 21.5 Å². The minimum absolute atomic E-state index is 0.0438. The number of anilines is 1. The smallest absolute Gasteiger partial charge is 0.253 e. The first kappa shape index (κ1) is 12.2. The molecule has 0 unspecified atom stereocenters. The standard InChI is InChI=1S/C10H11ClN6O/c11-5-1-2-6-8(9(12)17-16-6)4(5)3-7(18)15-10(13)14/h1-2H,3H2,(H3,12,16,17)(H4,13,14,15,18). The van der Waals surface area contributed by atoms with Gasteiger partial charge in [-0.3, -0.25) is 9.89 Å². The first-order valence-corrected chi connectivity index (χ1v) is 5.40. The van der Waals surface area contributed by atoms with Crippen molar-refractivity contribution in [3.8, 4) is 0 Å². The molecule has 0 fully saturated rings. The summed E-state index contributed by atoms with van der Waals surface area (Å²) in [5, 5.41) is 7.63. The number of guanidine groups is 1. The number of benzene rings is 1. The van der Waals surface area contributed by atoms with Gasteiger partial charge in [0.1, 0.15) is 0 Å². The molecule has 8 heteroatoms. The summed E-state index contributed by atoms with van der Waals surface area (Å²) in [6, 6.07) is 3.38. The number of aliphatic imine (C=N–C) groups is 1. The average Bonchev–Trinajstić information content (AvgIpc) is 2.64. The molecule has 0 spiro atoms. The van der Waals surface area contributed by atoms with Gasteiger partial charge in [0.15, 0.2) is 11.8 Å². The van der Waals surface area contributed by atoms with Gasteiger partial charge in [-0.25, -0.2) is 0 Å². The Bertz CT molecular complexity index is 643. The van der Waals surface area contributed by atoms with Crippen LogP contribution in [0.4, 0.5) is 5.82 Å². The molecule has 2 rings (SSSR count). The van der Waals surface area contributed by atoms with Gasteiger partial charge in [-0.15, -0.1) is 0 Å². The topological polar surface area (TPSA) is 136 Å². The third-order valence-corrected chi connectivity index (χ3v) is 2.74. The number of aromatic amines is 1. The Morgan fingerprint density at radius 2 is 2.17 bits per heavy atom. The van der Waals surface area contributed by atoms with Crippen molar-refractivity contribution < 1.29 is 4.79 Å². The Morgan fingerprint density at radius 3 is 2.83 bits per heavy atom. The third kappa shape index (κ3) is 2.21. The number of H-pyrrole nitrogens is 1. The highest BCUT2D eigenvalue weighted by Gasteiger charge is 2.14. The van der Waals surface area contributed by atoms with E-state index in [1.54, 1.807) is 12.1 Å². The summed E-state index contributed by atoms with van der Waals surface area (Å²) in [5.74, 6) is -0.506. The lowest BCUT2D eigenvalue weighted by Crippen LogP contribution is -2.24. The summed E-state index contributed by atoms with van der Waals surface area (Å²) < 4.78 is 0. The van der Waals surface area contributed by atoms with Crippen LogP contribution < -0.4 is 17.2 Å². The number of hydrogen-bond acceptors (Lipinski definition) is 3. The molecule has 1 heterocycles. The van der Waals surface area contributed by atoms with Crippen molar-refractivity contribution in [2.45, 2.75) is 6.42 Å². The van der Waals surface area contributed by atoms with Crippen LogP contribution in [-0.4, -0.2) is 22.1 Å². The maximum absolute atomic E-state index is 11.6. The largest absolute Gasteiger partial charge is 0.382 e. The van der Waals surface area contributed by atoms with Crippen molar-refractivity contribution >= 4 is 40.2 Å². The average molecular weight is 267 g/mol. The number of aromatic nitrogens is 2. The number of hydrogen-bond donors (Lipinski definition) is 4. The molecule has 0 saturated heterocycles. The van der Waals surface area contributed by atoms with Gasteiger partial charge in [-0.05, 0) is 17.7 Å². The summed E-state index contributed by atoms with van der Waals surface area (Å²) in [6.07, 6.45) is -0.0438. The summed E-state index contributed by atoms with van der Waals surface area (Å²) in [5.41, 5.74) is 17.3. The van der Waals surface area contributed by atoms with Gasteiger partial charge in [-0.1, -0.05) is 11.6 Å². The summed E-state index contributed by atoms with van der Waals surface area (Å²) in [7, 11) is 0. The number of rotatable bonds is 2. The molecule has 18 heavy (non-hydrogen) atoms. The van der Waals surface area contributed by atoms with Crippen molar-refractivity contribution in [3.63, 3.8) is 0 Å². The molecule has 0 aliphatic heterocycles. The molecule has 0 aliphatic rings. The number of nitrogens with zero attached hydrogens (tertiary/aromatic N) is 2. The lowest BCUT2D eigenvalue weighted by atomic mass is 10.1. The molecule has 94 valence electrons. The Labute approximate surface area is 107 Å². The lowest BCUT2D eigenvalue weighted by molar-refractivity contribution is -0.117. The number of fused-ring (bicyclic) bond motifs is 1. The highest BCUT2D eigenvalue weighted by atomic mass is 35.5. The van der Waals surface area contributed by atoms with Crippen LogP contribution in [0.1, 0.15) is 5.56 Å². The lowest BCUT2D eigenvalue weighted by Gasteiger charge is -2.04. The molecule has 0 radical (unpaired) electrons. The van der Waals surface area contributed by atoms with E-state index in [9.17, 15) is 4.79 Å². The van der Waals surface area contributed by atoms with Crippen LogP contribution in [0, 0.1) is 0 Å². The van der Waals surface area contributed by atoms with E-state index in [1.807, 2.05) is 0 Å². The zero-order chi connectivity index (χ0) is 13.3. The monoisotopic (exact) mass is 266 g/mol. The zero-order valence-corrected chi connectivity index (χ0v) is 10.0. The van der Waals surface area contributed by atoms with E-state index in [0.717, 1.165) is 0 Å². The molecule has 2 aromatic rings. The maximum Gasteiger partial charge on any atom is 0.253 e. The minimum atomic E-state index is -0.495. The summed E-state index contributed by atoms with van der Waals surface area (Å²) >= 11 is 6.05. The number of carbonyl (C=O) groups is 1. The van der Waals surface area contributed by atoms with E-state index in [4.69, 9.17) is 28.8 Å². The van der Waals surface area contributed by atoms with Gasteiger partial charge in [0, 0.05) is 10.4 Å². The van der Waals surface area contributed by atoms with Gasteiger partial charge in [-0.2, -0.15) is 10.1 Å². The number of nitrogens with two attached hydrogens (primary N) is 3. The van der Waals surface area contributed by atoms with Crippen LogP contribution in [0.2, 0.25) is 5.02 Å². The minimum Gasteiger partial charge on any atom is -0.382 e. The van der Waals surface area contributed by atoms with Crippen molar-refractivity contribution in [1.82, 2.24) is 10.2 Å². The Kier molecular flexibility index (Phi) is 3.07. The number of amides is 1. The number of carbonyl (C=O) groups excluding carboxylic acids is 1. The van der Waals surface area contributed by atoms with Gasteiger partial charge >= 0.3 is 0 Å². The van der Waals surface area contributed by atoms with Crippen molar-refractivity contribution in [3.05, 3.63) is 22.7 Å². The van der Waals surface area contributed by atoms with Gasteiger partial charge in [0.2, 0.25) is 0 Å². The Morgan fingerprint density at radius 1 is 1.44 bits per heavy atom. The van der Waals surface area contributed by atoms with E-state index >= 15 is 0 Å². The van der Waals surface area contributed by atoms with Gasteiger partial charge in [0.05, 0.1) is 11.9 Å². The third-order valence-electron chi connectivity index (χ3n) is 2.39. The summed E-state index contributed by atoms with van der Waals surface area (Å²) in [6.45, 7) is 0. The Balaban J connectivity index is 2.49. The quantitative estimate of drug-likeness (QED) is 0.453. The first-order chi connectivity index (χ1) is 8.49. The summed E-state index contributed by atoms with van der Waals surface area (Å²) in [4.78, 5) is 15.0. The van der Waals surface area contributed by atoms with Gasteiger partial charge < -0.3 is 17.2 Å². The molecule has 0 saturated carbocycles. The molecule has 1 aromatic carbocycles. The second kappa shape index (κ2) is 4.53. The first-order valence-electron chi connectivity index (χ1n) is 5.02. The predicted molar refractivity (Wildman–Crippen MR) is 70.0 cm³/mol. The Hall–Kier alpha value is -2.28. The predicted octanol–water partition coefficient (Wildman–Crippen LogP) is 0.141. The number of halogens is 1. The molecule has 0 aliphatic carbocycles. The van der Waals surface area contributed by atoms with Crippen molar-refractivity contribution in [2.75, 3.05) is 5.73 Å². The molecule has 0 atom stereocenters. The van der Waals surface area contributed by atoms with Crippen LogP contribution >= 0.6 is 11.6 Å². The molecular formula is C10H11ClN6O. The molecule has 1 amide bonds. The van der Waals surface area contributed by atoms with Crippen LogP contribution in [-0.2, 0) is 11.2 Å². The number of nitrogens with one attached hydrogen (secondary N) is 1. The molecule has 7 N–H and O–H groups in total. The highest BCUT2D eigenvalue weighted by Crippen LogP contribution is 2.29. The van der Waals surface area contributed by atoms with Crippen LogP contribution in [0.5, 0.6) is 0 Å². The SMILES string of the molecule is NC(N)=NC(=O)Cc1c(Cl)ccc2[nH]nc(N)c12. The fourth-order valence-corrected chi connectivity index (χ4v) is 1.92. The molecule has 1 aromatic heterocycles.